The van der Waals surface area contributed by atoms with E-state index in [0.29, 0.717) is 5.56 Å². The molecule has 1 unspecified atom stereocenters. The molecule has 6 N–H and O–H groups in total. The second-order valence-electron chi connectivity index (χ2n) is 6.56. The molecule has 3 aromatic rings. The number of thiophene rings is 1. The topological polar surface area (TPSA) is 139 Å². The molecule has 152 valence electrons. The molecule has 0 aliphatic rings. The maximum atomic E-state index is 12.9. The summed E-state index contributed by atoms with van der Waals surface area (Å²) in [6.07, 6.45) is 0.923. The number of Topliss-reactive ketones (excluding diaryl/α,β-unsaturated/α-hetero) is 1. The van der Waals surface area contributed by atoms with Crippen LogP contribution in [0.3, 0.4) is 0 Å². The fourth-order valence-electron chi connectivity index (χ4n) is 3.06. The molecule has 8 heteroatoms. The number of carbonyl (C=O) groups is 3. The number of nitrogens with one attached hydrogen (secondary N) is 2. The predicted octanol–water partition coefficient (Wildman–Crippen LogP) is 2.00. The highest BCUT2D eigenvalue weighted by molar-refractivity contribution is 7.17. The third kappa shape index (κ3) is 4.44. The number of hydrogen-bond acceptors (Lipinski definition) is 6. The first-order chi connectivity index (χ1) is 14.4. The number of ketones is 1. The van der Waals surface area contributed by atoms with Crippen LogP contribution in [0.2, 0.25) is 0 Å². The Morgan fingerprint density at radius 1 is 1.03 bits per heavy atom. The number of fused-ring (bicyclic) bond motifs is 1. The average Bonchev–Trinajstić information content (AvgIpc) is 3.18. The summed E-state index contributed by atoms with van der Waals surface area (Å²) in [5.74, 6) is -2.79. The molecule has 30 heavy (non-hydrogen) atoms. The molecule has 0 radical (unpaired) electrons. The van der Waals surface area contributed by atoms with Gasteiger partial charge in [-0.05, 0) is 11.6 Å². The van der Waals surface area contributed by atoms with Gasteiger partial charge in [-0.1, -0.05) is 48.5 Å². The Morgan fingerprint density at radius 3 is 2.37 bits per heavy atom. The van der Waals surface area contributed by atoms with Gasteiger partial charge < -0.3 is 22.2 Å². The van der Waals surface area contributed by atoms with Crippen LogP contribution in [-0.4, -0.2) is 29.9 Å². The van der Waals surface area contributed by atoms with Crippen molar-refractivity contribution in [1.82, 2.24) is 5.32 Å². The van der Waals surface area contributed by atoms with Crippen molar-refractivity contribution < 1.29 is 14.4 Å². The molecule has 0 bridgehead atoms. The zero-order valence-electron chi connectivity index (χ0n) is 15.9. The first-order valence-corrected chi connectivity index (χ1v) is 9.95. The van der Waals surface area contributed by atoms with Crippen molar-refractivity contribution >= 4 is 50.9 Å². The van der Waals surface area contributed by atoms with E-state index in [1.54, 1.807) is 24.3 Å². The minimum Gasteiger partial charge on any atom is -0.398 e. The Balaban J connectivity index is 1.92. The molecule has 7 nitrogen and oxygen atoms in total. The first-order valence-electron chi connectivity index (χ1n) is 9.07. The summed E-state index contributed by atoms with van der Waals surface area (Å²) in [5.41, 5.74) is 12.8. The molecule has 2 aromatic carbocycles. The fraction of sp³-hybridized carbons (Fsp3) is 0.0909. The number of amides is 2. The van der Waals surface area contributed by atoms with Crippen LogP contribution in [0.4, 0.5) is 0 Å². The Labute approximate surface area is 176 Å². The summed E-state index contributed by atoms with van der Waals surface area (Å²) in [6.45, 7) is 0. The molecule has 0 aliphatic carbocycles. The third-order valence-corrected chi connectivity index (χ3v) is 5.56. The summed E-state index contributed by atoms with van der Waals surface area (Å²) >= 11 is 1.47. The van der Waals surface area contributed by atoms with E-state index in [1.165, 1.54) is 11.3 Å². The maximum absolute atomic E-state index is 12.9. The summed E-state index contributed by atoms with van der Waals surface area (Å²) in [4.78, 5) is 36.6. The van der Waals surface area contributed by atoms with Crippen molar-refractivity contribution in [3.05, 3.63) is 76.7 Å². The normalized spacial score (nSPS) is 12.7. The van der Waals surface area contributed by atoms with Crippen molar-refractivity contribution in [2.45, 2.75) is 12.5 Å². The van der Waals surface area contributed by atoms with E-state index in [2.05, 4.69) is 5.32 Å². The second-order valence-corrected chi connectivity index (χ2v) is 7.47. The molecular weight excluding hydrogens is 400 g/mol. The van der Waals surface area contributed by atoms with Gasteiger partial charge in [-0.25, -0.2) is 0 Å². The van der Waals surface area contributed by atoms with Gasteiger partial charge in [0.05, 0.1) is 11.3 Å². The summed E-state index contributed by atoms with van der Waals surface area (Å²) < 4.78 is 0.992. The minimum atomic E-state index is -1.17. The zero-order valence-corrected chi connectivity index (χ0v) is 16.7. The highest BCUT2D eigenvalue weighted by Crippen LogP contribution is 2.30. The van der Waals surface area contributed by atoms with E-state index in [1.807, 2.05) is 35.7 Å². The van der Waals surface area contributed by atoms with Gasteiger partial charge in [0.2, 0.25) is 5.78 Å². The van der Waals surface area contributed by atoms with Crippen molar-refractivity contribution in [3.63, 3.8) is 0 Å². The third-order valence-electron chi connectivity index (χ3n) is 4.60. The number of primary amides is 1. The molecule has 1 heterocycles. The molecule has 0 aliphatic heterocycles. The van der Waals surface area contributed by atoms with E-state index in [4.69, 9.17) is 16.9 Å². The van der Waals surface area contributed by atoms with Crippen molar-refractivity contribution in [3.8, 4) is 0 Å². The monoisotopic (exact) mass is 420 g/mol. The van der Waals surface area contributed by atoms with Crippen LogP contribution in [0, 0.1) is 5.41 Å². The van der Waals surface area contributed by atoms with Gasteiger partial charge in [-0.3, -0.25) is 14.4 Å². The van der Waals surface area contributed by atoms with Crippen LogP contribution >= 0.6 is 11.3 Å². The van der Waals surface area contributed by atoms with E-state index in [-0.39, 0.29) is 17.7 Å². The number of benzene rings is 2. The Hall–Kier alpha value is -3.78. The minimum absolute atomic E-state index is 0.0842. The van der Waals surface area contributed by atoms with Crippen LogP contribution in [0.5, 0.6) is 0 Å². The number of nitrogens with two attached hydrogens (primary N) is 2. The number of hydrogen-bond donors (Lipinski definition) is 4. The van der Waals surface area contributed by atoms with E-state index >= 15 is 0 Å². The van der Waals surface area contributed by atoms with Gasteiger partial charge in [0, 0.05) is 33.7 Å². The molecule has 2 amide bonds. The van der Waals surface area contributed by atoms with Crippen molar-refractivity contribution in [2.24, 2.45) is 11.5 Å². The number of carbonyl (C=O) groups excluding carboxylic acids is 3. The van der Waals surface area contributed by atoms with Gasteiger partial charge in [-0.15, -0.1) is 11.3 Å². The Kier molecular flexibility index (Phi) is 6.38. The van der Waals surface area contributed by atoms with E-state index in [0.717, 1.165) is 21.9 Å². The van der Waals surface area contributed by atoms with Gasteiger partial charge in [0.1, 0.15) is 6.04 Å². The SMILES string of the molecule is N=CC(C(=O)NC(Cc1ccccc1)C(=O)C(N)=O)=C(N)c1csc2ccccc12. The Bertz CT molecular complexity index is 1150. The molecule has 0 saturated carbocycles. The van der Waals surface area contributed by atoms with Crippen LogP contribution in [0.1, 0.15) is 11.1 Å². The van der Waals surface area contributed by atoms with Gasteiger partial charge in [0.25, 0.3) is 11.8 Å². The first kappa shape index (κ1) is 20.9. The highest BCUT2D eigenvalue weighted by Gasteiger charge is 2.27. The van der Waals surface area contributed by atoms with Crippen molar-refractivity contribution in [2.75, 3.05) is 0 Å². The van der Waals surface area contributed by atoms with Crippen LogP contribution < -0.4 is 16.8 Å². The van der Waals surface area contributed by atoms with Gasteiger partial charge in [-0.2, -0.15) is 0 Å². The zero-order chi connectivity index (χ0) is 21.7. The lowest BCUT2D eigenvalue weighted by atomic mass is 10.0. The number of rotatable bonds is 8. The second kappa shape index (κ2) is 9.15. The largest absolute Gasteiger partial charge is 0.398 e. The molecule has 0 spiro atoms. The standard InChI is InChI=1S/C22H20N4O3S/c23-11-15(19(24)16-12-30-18-9-5-4-8-14(16)18)22(29)26-17(20(27)21(25)28)10-13-6-2-1-3-7-13/h1-9,11-12,17,23H,10,24H2,(H2,25,28)(H,26,29). The quantitative estimate of drug-likeness (QED) is 0.251. The molecule has 3 rings (SSSR count). The van der Waals surface area contributed by atoms with Crippen LogP contribution in [0.15, 0.2) is 65.6 Å². The predicted molar refractivity (Wildman–Crippen MR) is 118 cm³/mol. The van der Waals surface area contributed by atoms with E-state index in [9.17, 15) is 14.4 Å². The maximum Gasteiger partial charge on any atom is 0.287 e. The summed E-state index contributed by atoms with van der Waals surface area (Å²) in [7, 11) is 0. The van der Waals surface area contributed by atoms with Crippen LogP contribution in [-0.2, 0) is 20.8 Å². The van der Waals surface area contributed by atoms with E-state index < -0.39 is 23.6 Å². The lowest BCUT2D eigenvalue weighted by Crippen LogP contribution is -2.48. The highest BCUT2D eigenvalue weighted by atomic mass is 32.1. The van der Waals surface area contributed by atoms with Gasteiger partial charge >= 0.3 is 0 Å². The average molecular weight is 420 g/mol. The lowest BCUT2D eigenvalue weighted by molar-refractivity contribution is -0.138. The van der Waals surface area contributed by atoms with Crippen LogP contribution in [0.25, 0.3) is 15.8 Å². The fourth-order valence-corrected chi connectivity index (χ4v) is 4.02. The summed E-state index contributed by atoms with van der Waals surface area (Å²) in [5, 5.41) is 12.9. The smallest absolute Gasteiger partial charge is 0.287 e. The Morgan fingerprint density at radius 2 is 1.70 bits per heavy atom. The molecule has 0 fully saturated rings. The van der Waals surface area contributed by atoms with Crippen molar-refractivity contribution in [1.29, 1.82) is 5.41 Å². The molecular formula is C22H20N4O3S. The molecule has 0 saturated heterocycles. The molecule has 1 atom stereocenters. The van der Waals surface area contributed by atoms with Gasteiger partial charge in [0.15, 0.2) is 0 Å². The summed E-state index contributed by atoms with van der Waals surface area (Å²) in [6, 6.07) is 15.3. The lowest BCUT2D eigenvalue weighted by Gasteiger charge is -2.17. The molecule has 1 aromatic heterocycles.